The van der Waals surface area contributed by atoms with Gasteiger partial charge in [0.25, 0.3) is 0 Å². The van der Waals surface area contributed by atoms with E-state index in [1.165, 1.54) is 32.2 Å². The first-order valence-corrected chi connectivity index (χ1v) is 6.27. The summed E-state index contributed by atoms with van der Waals surface area (Å²) in [6.45, 7) is 6.17. The highest BCUT2D eigenvalue weighted by Crippen LogP contribution is 2.16. The number of nitrogens with one attached hydrogen (secondary N) is 1. The Morgan fingerprint density at radius 1 is 1.13 bits per heavy atom. The van der Waals surface area contributed by atoms with Crippen LogP contribution in [-0.2, 0) is 9.47 Å². The van der Waals surface area contributed by atoms with Gasteiger partial charge in [0, 0.05) is 25.9 Å². The maximum atomic E-state index is 5.54. The van der Waals surface area contributed by atoms with Crippen LogP contribution in [0, 0.1) is 5.92 Å². The number of ether oxygens (including phenoxy) is 2. The lowest BCUT2D eigenvalue weighted by molar-refractivity contribution is 0.0105. The van der Waals surface area contributed by atoms with Crippen LogP contribution in [0.4, 0.5) is 0 Å². The average molecular weight is 213 g/mol. The molecule has 0 spiro atoms. The summed E-state index contributed by atoms with van der Waals surface area (Å²) in [7, 11) is 0. The van der Waals surface area contributed by atoms with E-state index < -0.39 is 0 Å². The molecule has 0 aromatic carbocycles. The summed E-state index contributed by atoms with van der Waals surface area (Å²) >= 11 is 0. The molecule has 0 saturated carbocycles. The van der Waals surface area contributed by atoms with Crippen molar-refractivity contribution < 1.29 is 9.47 Å². The van der Waals surface area contributed by atoms with Gasteiger partial charge in [-0.15, -0.1) is 0 Å². The molecule has 2 aliphatic heterocycles. The Kier molecular flexibility index (Phi) is 4.42. The Bertz CT molecular complexity index is 180. The Balaban J connectivity index is 1.63. The first-order chi connectivity index (χ1) is 7.34. The third-order valence-electron chi connectivity index (χ3n) is 3.52. The fourth-order valence-electron chi connectivity index (χ4n) is 2.47. The molecule has 0 aliphatic carbocycles. The van der Waals surface area contributed by atoms with Crippen LogP contribution in [0.2, 0.25) is 0 Å². The van der Waals surface area contributed by atoms with Gasteiger partial charge in [0.1, 0.15) is 0 Å². The second-order valence-electron chi connectivity index (χ2n) is 4.87. The lowest BCUT2D eigenvalue weighted by Crippen LogP contribution is -2.41. The van der Waals surface area contributed by atoms with Crippen LogP contribution in [-0.4, -0.2) is 38.5 Å². The minimum atomic E-state index is 0.436. The molecule has 2 atom stereocenters. The highest BCUT2D eigenvalue weighted by atomic mass is 16.5. The Labute approximate surface area is 92.5 Å². The lowest BCUT2D eigenvalue weighted by Gasteiger charge is -2.30. The molecule has 0 bridgehead atoms. The number of hydrogen-bond acceptors (Lipinski definition) is 3. The van der Waals surface area contributed by atoms with Crippen molar-refractivity contribution in [3.63, 3.8) is 0 Å². The zero-order valence-corrected chi connectivity index (χ0v) is 9.71. The normalized spacial score (nSPS) is 34.2. The average Bonchev–Trinajstić information content (AvgIpc) is 2.28. The SMILES string of the molecule is CC1CC(NCC2CCOCC2)CCO1. The van der Waals surface area contributed by atoms with E-state index in [0.717, 1.165) is 25.7 Å². The van der Waals surface area contributed by atoms with Crippen LogP contribution in [0.15, 0.2) is 0 Å². The number of rotatable bonds is 3. The van der Waals surface area contributed by atoms with Gasteiger partial charge < -0.3 is 14.8 Å². The second kappa shape index (κ2) is 5.83. The van der Waals surface area contributed by atoms with Crippen molar-refractivity contribution >= 4 is 0 Å². The minimum Gasteiger partial charge on any atom is -0.381 e. The van der Waals surface area contributed by atoms with Crippen molar-refractivity contribution in [1.82, 2.24) is 5.32 Å². The van der Waals surface area contributed by atoms with E-state index >= 15 is 0 Å². The fourth-order valence-corrected chi connectivity index (χ4v) is 2.47. The zero-order valence-electron chi connectivity index (χ0n) is 9.71. The van der Waals surface area contributed by atoms with Crippen molar-refractivity contribution in [2.75, 3.05) is 26.4 Å². The van der Waals surface area contributed by atoms with E-state index in [-0.39, 0.29) is 0 Å². The molecular formula is C12H23NO2. The Morgan fingerprint density at radius 3 is 2.67 bits per heavy atom. The fraction of sp³-hybridized carbons (Fsp3) is 1.00. The van der Waals surface area contributed by atoms with Gasteiger partial charge in [-0.2, -0.15) is 0 Å². The highest BCUT2D eigenvalue weighted by molar-refractivity contribution is 4.76. The molecule has 1 N–H and O–H groups in total. The Hall–Kier alpha value is -0.120. The number of hydrogen-bond donors (Lipinski definition) is 1. The topological polar surface area (TPSA) is 30.5 Å². The monoisotopic (exact) mass is 213 g/mol. The van der Waals surface area contributed by atoms with E-state index in [0.29, 0.717) is 12.1 Å². The zero-order chi connectivity index (χ0) is 10.5. The molecule has 2 heterocycles. The van der Waals surface area contributed by atoms with Crippen molar-refractivity contribution in [2.45, 2.75) is 44.8 Å². The third-order valence-corrected chi connectivity index (χ3v) is 3.52. The van der Waals surface area contributed by atoms with Gasteiger partial charge >= 0.3 is 0 Å². The predicted molar refractivity (Wildman–Crippen MR) is 60.0 cm³/mol. The molecular weight excluding hydrogens is 190 g/mol. The first-order valence-electron chi connectivity index (χ1n) is 6.27. The van der Waals surface area contributed by atoms with Gasteiger partial charge in [-0.1, -0.05) is 0 Å². The quantitative estimate of drug-likeness (QED) is 0.772. The van der Waals surface area contributed by atoms with Crippen molar-refractivity contribution in [2.24, 2.45) is 5.92 Å². The van der Waals surface area contributed by atoms with Crippen LogP contribution in [0.5, 0.6) is 0 Å². The molecule has 0 aromatic heterocycles. The molecule has 2 fully saturated rings. The summed E-state index contributed by atoms with van der Waals surface area (Å²) in [6, 6.07) is 0.677. The van der Waals surface area contributed by atoms with Gasteiger partial charge in [-0.05, 0) is 45.1 Å². The highest BCUT2D eigenvalue weighted by Gasteiger charge is 2.20. The molecule has 0 radical (unpaired) electrons. The van der Waals surface area contributed by atoms with Gasteiger partial charge in [0.05, 0.1) is 6.10 Å². The van der Waals surface area contributed by atoms with Crippen molar-refractivity contribution in [1.29, 1.82) is 0 Å². The second-order valence-corrected chi connectivity index (χ2v) is 4.87. The van der Waals surface area contributed by atoms with E-state index in [1.54, 1.807) is 0 Å². The smallest absolute Gasteiger partial charge is 0.0561 e. The molecule has 3 nitrogen and oxygen atoms in total. The maximum absolute atomic E-state index is 5.54. The summed E-state index contributed by atoms with van der Waals surface area (Å²) in [5, 5.41) is 3.69. The first kappa shape index (κ1) is 11.4. The van der Waals surface area contributed by atoms with Gasteiger partial charge in [-0.25, -0.2) is 0 Å². The summed E-state index contributed by atoms with van der Waals surface area (Å²) in [4.78, 5) is 0. The molecule has 0 amide bonds. The minimum absolute atomic E-state index is 0.436. The predicted octanol–water partition coefficient (Wildman–Crippen LogP) is 1.57. The van der Waals surface area contributed by atoms with Crippen LogP contribution in [0.25, 0.3) is 0 Å². The standard InChI is InChI=1S/C12H23NO2/c1-10-8-12(4-7-15-10)13-9-11-2-5-14-6-3-11/h10-13H,2-9H2,1H3. The molecule has 2 aliphatic rings. The Morgan fingerprint density at radius 2 is 1.93 bits per heavy atom. The maximum Gasteiger partial charge on any atom is 0.0561 e. The molecule has 3 heteroatoms. The summed E-state index contributed by atoms with van der Waals surface area (Å²) in [5.41, 5.74) is 0. The van der Waals surface area contributed by atoms with Crippen LogP contribution in [0.1, 0.15) is 32.6 Å². The van der Waals surface area contributed by atoms with Crippen LogP contribution >= 0.6 is 0 Å². The summed E-state index contributed by atoms with van der Waals surface area (Å²) < 4.78 is 10.9. The molecule has 0 aromatic rings. The van der Waals surface area contributed by atoms with E-state index in [9.17, 15) is 0 Å². The van der Waals surface area contributed by atoms with Crippen LogP contribution in [0.3, 0.4) is 0 Å². The third kappa shape index (κ3) is 3.74. The lowest BCUT2D eigenvalue weighted by atomic mass is 9.98. The largest absolute Gasteiger partial charge is 0.381 e. The molecule has 15 heavy (non-hydrogen) atoms. The molecule has 2 rings (SSSR count). The van der Waals surface area contributed by atoms with Crippen molar-refractivity contribution in [3.8, 4) is 0 Å². The molecule has 88 valence electrons. The molecule has 2 saturated heterocycles. The summed E-state index contributed by atoms with van der Waals surface area (Å²) in [5.74, 6) is 0.830. The molecule has 2 unspecified atom stereocenters. The van der Waals surface area contributed by atoms with Gasteiger partial charge in [0.2, 0.25) is 0 Å². The van der Waals surface area contributed by atoms with Gasteiger partial charge in [-0.3, -0.25) is 0 Å². The van der Waals surface area contributed by atoms with E-state index in [4.69, 9.17) is 9.47 Å². The van der Waals surface area contributed by atoms with Crippen LogP contribution < -0.4 is 5.32 Å². The van der Waals surface area contributed by atoms with E-state index in [1.807, 2.05) is 0 Å². The van der Waals surface area contributed by atoms with Crippen molar-refractivity contribution in [3.05, 3.63) is 0 Å². The van der Waals surface area contributed by atoms with Gasteiger partial charge in [0.15, 0.2) is 0 Å². The van der Waals surface area contributed by atoms with E-state index in [2.05, 4.69) is 12.2 Å². The summed E-state index contributed by atoms with van der Waals surface area (Å²) in [6.07, 6.45) is 5.24.